The van der Waals surface area contributed by atoms with E-state index in [1.54, 1.807) is 12.4 Å². The number of carbonyl (C=O) groups is 1. The number of hydrogen-bond acceptors (Lipinski definition) is 6. The number of nitrogens with one attached hydrogen (secondary N) is 2. The largest absolute Gasteiger partial charge is 0.444 e. The molecule has 31 heavy (non-hydrogen) atoms. The van der Waals surface area contributed by atoms with Crippen molar-refractivity contribution in [2.45, 2.75) is 83.2 Å². The molecule has 0 spiro atoms. The number of nitrogens with zero attached hydrogens (tertiary/aromatic N) is 3. The molecule has 0 unspecified atom stereocenters. The summed E-state index contributed by atoms with van der Waals surface area (Å²) < 4.78 is 43.8. The standard InChI is InChI=1S/C21H32F3N5O2/c1-20(2,3)31-19(30)28-16-6-4-15(5-7-16)27-17-12-26-18(13-25-17)29-10-8-14(9-11-29)21(22,23)24/h12-16H,4-11H2,1-3H3,(H,25,27)(H,28,30). The number of anilines is 2. The van der Waals surface area contributed by atoms with E-state index in [0.29, 0.717) is 24.7 Å². The summed E-state index contributed by atoms with van der Waals surface area (Å²) in [6, 6.07) is 0.334. The van der Waals surface area contributed by atoms with Gasteiger partial charge in [0.05, 0.1) is 18.3 Å². The van der Waals surface area contributed by atoms with Gasteiger partial charge in [0.25, 0.3) is 0 Å². The van der Waals surface area contributed by atoms with Gasteiger partial charge in [0.15, 0.2) is 0 Å². The third-order valence-electron chi connectivity index (χ3n) is 5.72. The lowest BCUT2D eigenvalue weighted by Gasteiger charge is -2.33. The number of rotatable bonds is 4. The maximum atomic E-state index is 12.8. The Kier molecular flexibility index (Phi) is 7.16. The Balaban J connectivity index is 1.42. The molecule has 174 valence electrons. The molecule has 1 aromatic heterocycles. The van der Waals surface area contributed by atoms with Crippen LogP contribution in [0.2, 0.25) is 0 Å². The Morgan fingerprint density at radius 3 is 2.13 bits per heavy atom. The first kappa shape index (κ1) is 23.4. The molecule has 2 fully saturated rings. The predicted molar refractivity (Wildman–Crippen MR) is 112 cm³/mol. The van der Waals surface area contributed by atoms with E-state index in [9.17, 15) is 18.0 Å². The average molecular weight is 444 g/mol. The van der Waals surface area contributed by atoms with Crippen LogP contribution in [0.15, 0.2) is 12.4 Å². The highest BCUT2D eigenvalue weighted by Gasteiger charge is 2.41. The summed E-state index contributed by atoms with van der Waals surface area (Å²) in [5, 5.41) is 6.29. The normalized spacial score (nSPS) is 23.4. The average Bonchev–Trinajstić information content (AvgIpc) is 2.68. The molecule has 0 radical (unpaired) electrons. The first-order valence-electron chi connectivity index (χ1n) is 10.9. The quantitative estimate of drug-likeness (QED) is 0.713. The highest BCUT2D eigenvalue weighted by Crippen LogP contribution is 2.35. The number of ether oxygens (including phenoxy) is 1. The Hall–Kier alpha value is -2.26. The van der Waals surface area contributed by atoms with E-state index < -0.39 is 17.7 Å². The lowest BCUT2D eigenvalue weighted by atomic mass is 9.91. The van der Waals surface area contributed by atoms with Crippen LogP contribution in [0.3, 0.4) is 0 Å². The summed E-state index contributed by atoms with van der Waals surface area (Å²) in [6.45, 7) is 6.18. The van der Waals surface area contributed by atoms with Gasteiger partial charge in [0.2, 0.25) is 0 Å². The molecule has 2 N–H and O–H groups in total. The maximum Gasteiger partial charge on any atom is 0.407 e. The number of halogens is 3. The molecular weight excluding hydrogens is 411 g/mol. The van der Waals surface area contributed by atoms with Crippen LogP contribution in [-0.4, -0.2) is 53.0 Å². The summed E-state index contributed by atoms with van der Waals surface area (Å²) in [4.78, 5) is 22.5. The smallest absolute Gasteiger partial charge is 0.407 e. The number of hydrogen-bond donors (Lipinski definition) is 2. The van der Waals surface area contributed by atoms with Crippen molar-refractivity contribution in [3.63, 3.8) is 0 Å². The summed E-state index contributed by atoms with van der Waals surface area (Å²) in [7, 11) is 0. The fourth-order valence-electron chi connectivity index (χ4n) is 4.06. The van der Waals surface area contributed by atoms with Crippen molar-refractivity contribution in [1.82, 2.24) is 15.3 Å². The molecule has 10 heteroatoms. The fraction of sp³-hybridized carbons (Fsp3) is 0.762. The van der Waals surface area contributed by atoms with Gasteiger partial charge < -0.3 is 20.3 Å². The zero-order chi connectivity index (χ0) is 22.6. The second kappa shape index (κ2) is 9.48. The lowest BCUT2D eigenvalue weighted by Crippen LogP contribution is -2.42. The molecule has 0 aromatic carbocycles. The van der Waals surface area contributed by atoms with E-state index in [0.717, 1.165) is 25.7 Å². The molecule has 1 saturated heterocycles. The molecule has 0 bridgehead atoms. The van der Waals surface area contributed by atoms with Gasteiger partial charge in [-0.05, 0) is 59.3 Å². The van der Waals surface area contributed by atoms with Crippen LogP contribution in [0.4, 0.5) is 29.6 Å². The number of alkyl halides is 3. The Morgan fingerprint density at radius 2 is 1.61 bits per heavy atom. The van der Waals surface area contributed by atoms with Crippen molar-refractivity contribution in [1.29, 1.82) is 0 Å². The Labute approximate surface area is 181 Å². The molecule has 1 aliphatic heterocycles. The van der Waals surface area contributed by atoms with Crippen molar-refractivity contribution in [2.24, 2.45) is 5.92 Å². The SMILES string of the molecule is CC(C)(C)OC(=O)NC1CCC(Nc2cnc(N3CCC(C(F)(F)F)CC3)cn2)CC1. The van der Waals surface area contributed by atoms with Gasteiger partial charge in [0.1, 0.15) is 17.2 Å². The van der Waals surface area contributed by atoms with Gasteiger partial charge in [-0.15, -0.1) is 0 Å². The zero-order valence-electron chi connectivity index (χ0n) is 18.3. The zero-order valence-corrected chi connectivity index (χ0v) is 18.3. The van der Waals surface area contributed by atoms with E-state index in [2.05, 4.69) is 20.6 Å². The van der Waals surface area contributed by atoms with Crippen molar-refractivity contribution in [3.8, 4) is 0 Å². The Bertz CT molecular complexity index is 720. The number of aromatic nitrogens is 2. The summed E-state index contributed by atoms with van der Waals surface area (Å²) in [5.74, 6) is 0.0338. The fourth-order valence-corrected chi connectivity index (χ4v) is 4.06. The Morgan fingerprint density at radius 1 is 1.00 bits per heavy atom. The minimum absolute atomic E-state index is 0.0890. The number of carbonyl (C=O) groups excluding carboxylic acids is 1. The molecule has 1 aliphatic carbocycles. The number of piperidine rings is 1. The monoisotopic (exact) mass is 443 g/mol. The van der Waals surface area contributed by atoms with Crippen LogP contribution in [0.5, 0.6) is 0 Å². The van der Waals surface area contributed by atoms with Gasteiger partial charge in [0, 0.05) is 25.2 Å². The van der Waals surface area contributed by atoms with E-state index in [-0.39, 0.29) is 31.0 Å². The highest BCUT2D eigenvalue weighted by atomic mass is 19.4. The van der Waals surface area contributed by atoms with Gasteiger partial charge in [-0.1, -0.05) is 0 Å². The summed E-state index contributed by atoms with van der Waals surface area (Å²) >= 11 is 0. The van der Waals surface area contributed by atoms with Crippen LogP contribution in [0.25, 0.3) is 0 Å². The van der Waals surface area contributed by atoms with Gasteiger partial charge >= 0.3 is 12.3 Å². The van der Waals surface area contributed by atoms with Crippen LogP contribution >= 0.6 is 0 Å². The molecule has 2 heterocycles. The number of amides is 1. The van der Waals surface area contributed by atoms with Gasteiger partial charge in [-0.2, -0.15) is 13.2 Å². The molecule has 1 aromatic rings. The molecular formula is C21H32F3N5O2. The van der Waals surface area contributed by atoms with Crippen molar-refractivity contribution in [3.05, 3.63) is 12.4 Å². The van der Waals surface area contributed by atoms with E-state index >= 15 is 0 Å². The summed E-state index contributed by atoms with van der Waals surface area (Å²) in [5.41, 5.74) is -0.512. The van der Waals surface area contributed by atoms with E-state index in [4.69, 9.17) is 4.74 Å². The molecule has 1 saturated carbocycles. The molecule has 1 amide bonds. The number of alkyl carbamates (subject to hydrolysis) is 1. The third-order valence-corrected chi connectivity index (χ3v) is 5.72. The molecule has 2 aliphatic rings. The molecule has 3 rings (SSSR count). The van der Waals surface area contributed by atoms with Crippen molar-refractivity contribution >= 4 is 17.7 Å². The highest BCUT2D eigenvalue weighted by molar-refractivity contribution is 5.68. The lowest BCUT2D eigenvalue weighted by molar-refractivity contribution is -0.179. The van der Waals surface area contributed by atoms with E-state index in [1.807, 2.05) is 25.7 Å². The van der Waals surface area contributed by atoms with E-state index in [1.165, 1.54) is 0 Å². The third kappa shape index (κ3) is 7.14. The topological polar surface area (TPSA) is 79.4 Å². The van der Waals surface area contributed by atoms with Gasteiger partial charge in [-0.3, -0.25) is 0 Å². The van der Waals surface area contributed by atoms with Crippen LogP contribution in [0.1, 0.15) is 59.3 Å². The van der Waals surface area contributed by atoms with Crippen LogP contribution in [-0.2, 0) is 4.74 Å². The molecule has 7 nitrogen and oxygen atoms in total. The molecule has 0 atom stereocenters. The first-order chi connectivity index (χ1) is 14.5. The minimum Gasteiger partial charge on any atom is -0.444 e. The first-order valence-corrected chi connectivity index (χ1v) is 10.9. The van der Waals surface area contributed by atoms with Crippen LogP contribution in [0, 0.1) is 5.92 Å². The second-order valence-corrected chi connectivity index (χ2v) is 9.40. The minimum atomic E-state index is -4.12. The van der Waals surface area contributed by atoms with Gasteiger partial charge in [-0.25, -0.2) is 14.8 Å². The second-order valence-electron chi connectivity index (χ2n) is 9.40. The van der Waals surface area contributed by atoms with Crippen molar-refractivity contribution < 1.29 is 22.7 Å². The summed E-state index contributed by atoms with van der Waals surface area (Å²) in [6.07, 6.45) is 2.38. The van der Waals surface area contributed by atoms with Crippen LogP contribution < -0.4 is 15.5 Å². The maximum absolute atomic E-state index is 12.8. The van der Waals surface area contributed by atoms with Crippen molar-refractivity contribution in [2.75, 3.05) is 23.3 Å². The predicted octanol–water partition coefficient (Wildman–Crippen LogP) is 4.50.